The summed E-state index contributed by atoms with van der Waals surface area (Å²) in [6.07, 6.45) is 2.37. The highest BCUT2D eigenvalue weighted by molar-refractivity contribution is 5.80. The van der Waals surface area contributed by atoms with Crippen LogP contribution in [0.5, 0.6) is 0 Å². The Bertz CT molecular complexity index is 378. The van der Waals surface area contributed by atoms with Crippen LogP contribution in [0.4, 0.5) is 0 Å². The van der Waals surface area contributed by atoms with E-state index in [-0.39, 0.29) is 18.4 Å². The SMILES string of the molecule is CN(CCCO)C(=O)C1Cc2ccccc2C1. The van der Waals surface area contributed by atoms with Gasteiger partial charge in [-0.1, -0.05) is 24.3 Å². The predicted octanol–water partition coefficient (Wildman–Crippen LogP) is 1.24. The van der Waals surface area contributed by atoms with Crippen molar-refractivity contribution in [1.82, 2.24) is 4.90 Å². The fraction of sp³-hybridized carbons (Fsp3) is 0.500. The molecule has 3 heteroatoms. The number of aliphatic hydroxyl groups is 1. The van der Waals surface area contributed by atoms with Gasteiger partial charge in [-0.2, -0.15) is 0 Å². The molecule has 0 spiro atoms. The van der Waals surface area contributed by atoms with E-state index in [1.165, 1.54) is 11.1 Å². The summed E-state index contributed by atoms with van der Waals surface area (Å²) < 4.78 is 0. The average Bonchev–Trinajstić information content (AvgIpc) is 2.78. The van der Waals surface area contributed by atoms with Gasteiger partial charge in [-0.05, 0) is 30.4 Å². The third kappa shape index (κ3) is 2.67. The van der Waals surface area contributed by atoms with Gasteiger partial charge in [0, 0.05) is 26.1 Å². The number of amides is 1. The number of rotatable bonds is 4. The van der Waals surface area contributed by atoms with E-state index in [2.05, 4.69) is 12.1 Å². The van der Waals surface area contributed by atoms with Gasteiger partial charge in [0.15, 0.2) is 0 Å². The van der Waals surface area contributed by atoms with Crippen molar-refractivity contribution in [2.24, 2.45) is 5.92 Å². The molecule has 0 bridgehead atoms. The Morgan fingerprint density at radius 3 is 2.47 bits per heavy atom. The lowest BCUT2D eigenvalue weighted by Gasteiger charge is -2.20. The molecule has 0 radical (unpaired) electrons. The third-order valence-electron chi connectivity index (χ3n) is 3.43. The van der Waals surface area contributed by atoms with E-state index >= 15 is 0 Å². The molecule has 0 saturated heterocycles. The number of carbonyl (C=O) groups is 1. The van der Waals surface area contributed by atoms with E-state index in [4.69, 9.17) is 5.11 Å². The van der Waals surface area contributed by atoms with Crippen molar-refractivity contribution in [3.63, 3.8) is 0 Å². The average molecular weight is 233 g/mol. The maximum Gasteiger partial charge on any atom is 0.226 e. The third-order valence-corrected chi connectivity index (χ3v) is 3.43. The molecule has 0 aromatic heterocycles. The highest BCUT2D eigenvalue weighted by atomic mass is 16.3. The second-order valence-electron chi connectivity index (χ2n) is 4.71. The fourth-order valence-electron chi connectivity index (χ4n) is 2.46. The van der Waals surface area contributed by atoms with Gasteiger partial charge in [0.05, 0.1) is 0 Å². The van der Waals surface area contributed by atoms with Crippen molar-refractivity contribution in [3.8, 4) is 0 Å². The van der Waals surface area contributed by atoms with Crippen molar-refractivity contribution in [1.29, 1.82) is 0 Å². The summed E-state index contributed by atoms with van der Waals surface area (Å²) in [6.45, 7) is 0.782. The molecule has 2 rings (SSSR count). The smallest absolute Gasteiger partial charge is 0.226 e. The Hall–Kier alpha value is -1.35. The van der Waals surface area contributed by atoms with Crippen molar-refractivity contribution in [2.75, 3.05) is 20.2 Å². The van der Waals surface area contributed by atoms with Crippen LogP contribution in [-0.4, -0.2) is 36.1 Å². The lowest BCUT2D eigenvalue weighted by Crippen LogP contribution is -2.34. The number of hydrogen-bond acceptors (Lipinski definition) is 2. The number of hydrogen-bond donors (Lipinski definition) is 1. The molecule has 17 heavy (non-hydrogen) atoms. The number of benzene rings is 1. The lowest BCUT2D eigenvalue weighted by atomic mass is 10.1. The highest BCUT2D eigenvalue weighted by Gasteiger charge is 2.28. The first-order chi connectivity index (χ1) is 8.22. The van der Waals surface area contributed by atoms with Crippen LogP contribution in [0.15, 0.2) is 24.3 Å². The molecule has 1 aliphatic carbocycles. The Balaban J connectivity index is 1.96. The first-order valence-electron chi connectivity index (χ1n) is 6.15. The van der Waals surface area contributed by atoms with E-state index in [9.17, 15) is 4.79 Å². The zero-order valence-electron chi connectivity index (χ0n) is 10.2. The Morgan fingerprint density at radius 2 is 1.94 bits per heavy atom. The van der Waals surface area contributed by atoms with Gasteiger partial charge in [0.25, 0.3) is 0 Å². The van der Waals surface area contributed by atoms with Gasteiger partial charge in [-0.15, -0.1) is 0 Å². The summed E-state index contributed by atoms with van der Waals surface area (Å²) in [6, 6.07) is 8.27. The molecule has 1 aliphatic rings. The van der Waals surface area contributed by atoms with Gasteiger partial charge < -0.3 is 10.0 Å². The van der Waals surface area contributed by atoms with E-state index in [1.54, 1.807) is 4.90 Å². The molecule has 0 aliphatic heterocycles. The van der Waals surface area contributed by atoms with Crippen LogP contribution in [-0.2, 0) is 17.6 Å². The van der Waals surface area contributed by atoms with Gasteiger partial charge in [-0.25, -0.2) is 0 Å². The molecule has 0 atom stereocenters. The maximum absolute atomic E-state index is 12.2. The van der Waals surface area contributed by atoms with Crippen LogP contribution in [0, 0.1) is 5.92 Å². The van der Waals surface area contributed by atoms with Crippen molar-refractivity contribution < 1.29 is 9.90 Å². The summed E-state index contributed by atoms with van der Waals surface area (Å²) in [4.78, 5) is 13.9. The Kier molecular flexibility index (Phi) is 3.79. The molecule has 92 valence electrons. The van der Waals surface area contributed by atoms with Crippen molar-refractivity contribution >= 4 is 5.91 Å². The molecule has 1 N–H and O–H groups in total. The minimum Gasteiger partial charge on any atom is -0.396 e. The minimum absolute atomic E-state index is 0.0936. The first kappa shape index (κ1) is 12.1. The molecule has 0 unspecified atom stereocenters. The molecular formula is C14H19NO2. The normalized spacial score (nSPS) is 14.7. The van der Waals surface area contributed by atoms with Gasteiger partial charge in [-0.3, -0.25) is 4.79 Å². The van der Waals surface area contributed by atoms with E-state index in [0.717, 1.165) is 12.8 Å². The maximum atomic E-state index is 12.2. The van der Waals surface area contributed by atoms with Crippen molar-refractivity contribution in [3.05, 3.63) is 35.4 Å². The molecule has 0 saturated carbocycles. The van der Waals surface area contributed by atoms with E-state index < -0.39 is 0 Å². The largest absolute Gasteiger partial charge is 0.396 e. The molecule has 0 heterocycles. The number of nitrogens with zero attached hydrogens (tertiary/aromatic N) is 1. The second-order valence-corrected chi connectivity index (χ2v) is 4.71. The predicted molar refractivity (Wildman–Crippen MR) is 66.7 cm³/mol. The van der Waals surface area contributed by atoms with Gasteiger partial charge >= 0.3 is 0 Å². The molecule has 3 nitrogen and oxygen atoms in total. The second kappa shape index (κ2) is 5.32. The van der Waals surface area contributed by atoms with Crippen LogP contribution in [0.25, 0.3) is 0 Å². The number of fused-ring (bicyclic) bond motifs is 1. The van der Waals surface area contributed by atoms with Gasteiger partial charge in [0.2, 0.25) is 5.91 Å². The standard InChI is InChI=1S/C14H19NO2/c1-15(7-4-8-16)14(17)13-9-11-5-2-3-6-12(11)10-13/h2-3,5-6,13,16H,4,7-10H2,1H3. The summed E-state index contributed by atoms with van der Waals surface area (Å²) in [5.41, 5.74) is 2.61. The Labute approximate surface area is 102 Å². The topological polar surface area (TPSA) is 40.5 Å². The Morgan fingerprint density at radius 1 is 1.35 bits per heavy atom. The quantitative estimate of drug-likeness (QED) is 0.850. The summed E-state index contributed by atoms with van der Waals surface area (Å²) in [5.74, 6) is 0.297. The molecular weight excluding hydrogens is 214 g/mol. The number of aliphatic hydroxyl groups excluding tert-OH is 1. The van der Waals surface area contributed by atoms with Crippen LogP contribution in [0.2, 0.25) is 0 Å². The summed E-state index contributed by atoms with van der Waals surface area (Å²) in [5, 5.41) is 8.77. The van der Waals surface area contributed by atoms with E-state index in [1.807, 2.05) is 19.2 Å². The molecule has 0 fully saturated rings. The van der Waals surface area contributed by atoms with E-state index in [0.29, 0.717) is 13.0 Å². The van der Waals surface area contributed by atoms with Crippen molar-refractivity contribution in [2.45, 2.75) is 19.3 Å². The zero-order valence-corrected chi connectivity index (χ0v) is 10.2. The van der Waals surface area contributed by atoms with Crippen LogP contribution in [0.1, 0.15) is 17.5 Å². The summed E-state index contributed by atoms with van der Waals surface area (Å²) in [7, 11) is 1.82. The van der Waals surface area contributed by atoms with Gasteiger partial charge in [0.1, 0.15) is 0 Å². The molecule has 1 aromatic rings. The monoisotopic (exact) mass is 233 g/mol. The number of carbonyl (C=O) groups excluding carboxylic acids is 1. The summed E-state index contributed by atoms with van der Waals surface area (Å²) >= 11 is 0. The fourth-order valence-corrected chi connectivity index (χ4v) is 2.46. The zero-order chi connectivity index (χ0) is 12.3. The lowest BCUT2D eigenvalue weighted by molar-refractivity contribution is -0.134. The minimum atomic E-state index is 0.0936. The molecule has 1 amide bonds. The van der Waals surface area contributed by atoms with Crippen LogP contribution >= 0.6 is 0 Å². The first-order valence-corrected chi connectivity index (χ1v) is 6.15. The molecule has 1 aromatic carbocycles. The highest BCUT2D eigenvalue weighted by Crippen LogP contribution is 2.27. The van der Waals surface area contributed by atoms with Crippen LogP contribution in [0.3, 0.4) is 0 Å². The van der Waals surface area contributed by atoms with Crippen LogP contribution < -0.4 is 0 Å².